The molecule has 0 amide bonds. The molecule has 30 valence electrons. The Morgan fingerprint density at radius 1 is 1.00 bits per heavy atom. The molecule has 0 aromatic rings. The zero-order chi connectivity index (χ0) is 0. The summed E-state index contributed by atoms with van der Waals surface area (Å²) < 4.78 is 0. The molecule has 4 heteroatoms. The van der Waals surface area contributed by atoms with Crippen molar-refractivity contribution in [2.24, 2.45) is 0 Å². The van der Waals surface area contributed by atoms with Crippen molar-refractivity contribution in [3.8, 4) is 0 Å². The van der Waals surface area contributed by atoms with Crippen molar-refractivity contribution in [2.75, 3.05) is 0 Å². The fourth-order valence-corrected chi connectivity index (χ4v) is 0. The Labute approximate surface area is 55.6 Å². The van der Waals surface area contributed by atoms with Crippen LogP contribution >= 0.6 is 9.90 Å². The minimum absolute atomic E-state index is 0. The van der Waals surface area contributed by atoms with Gasteiger partial charge in [-0.05, 0) is 11.0 Å². The number of rotatable bonds is 0. The molecule has 0 rings (SSSR count). The summed E-state index contributed by atoms with van der Waals surface area (Å²) in [6.07, 6.45) is 0. The van der Waals surface area contributed by atoms with E-state index in [0.29, 0.717) is 0 Å². The van der Waals surface area contributed by atoms with Crippen LogP contribution in [0.4, 0.5) is 0 Å². The standard InChI is InChI=1S/GeH2.H3P.H2Se.H4Si/h1H2;1H3;1H2;1H4. The minimum atomic E-state index is 0. The fourth-order valence-electron chi connectivity index (χ4n) is 0. The van der Waals surface area contributed by atoms with Gasteiger partial charge in [-0.25, -0.2) is 0 Å². The Hall–Kier alpha value is 1.71. The average molecular weight is 222 g/mol. The van der Waals surface area contributed by atoms with Crippen LogP contribution in [0.5, 0.6) is 0 Å². The molecule has 0 aromatic carbocycles. The second-order valence-electron chi connectivity index (χ2n) is 0. The Kier molecular flexibility index (Phi) is 240. The van der Waals surface area contributed by atoms with Gasteiger partial charge in [0, 0.05) is 0 Å². The Morgan fingerprint density at radius 3 is 1.00 bits per heavy atom. The van der Waals surface area contributed by atoms with Gasteiger partial charge in [0.1, 0.15) is 0 Å². The van der Waals surface area contributed by atoms with E-state index in [1.54, 1.807) is 0 Å². The smallest absolute Gasteiger partial charge is 0.0149 e. The molecule has 0 saturated carbocycles. The molecule has 2 radical (unpaired) electrons. The zero-order valence-electron chi connectivity index (χ0n) is 1.91. The maximum atomic E-state index is 0. The van der Waals surface area contributed by atoms with E-state index in [0.717, 1.165) is 0 Å². The van der Waals surface area contributed by atoms with Gasteiger partial charge in [-0.15, -0.1) is 0 Å². The molecule has 0 aromatic heterocycles. The van der Waals surface area contributed by atoms with Crippen molar-refractivity contribution < 1.29 is 0 Å². The average Bonchev–Trinajstić information content (AvgIpc) is 0. The van der Waals surface area contributed by atoms with E-state index in [9.17, 15) is 0 Å². The second kappa shape index (κ2) is 22.2. The maximum absolute atomic E-state index is 0. The largest absolute Gasteiger partial charge is 0.0149 e. The van der Waals surface area contributed by atoms with Crippen molar-refractivity contribution in [1.29, 1.82) is 0 Å². The summed E-state index contributed by atoms with van der Waals surface area (Å²) in [5.41, 5.74) is 0. The summed E-state index contributed by atoms with van der Waals surface area (Å²) in [5, 5.41) is 0. The quantitative estimate of drug-likeness (QED) is 0.298. The van der Waals surface area contributed by atoms with Gasteiger partial charge < -0.3 is 0 Å². The summed E-state index contributed by atoms with van der Waals surface area (Å²) in [4.78, 5) is 0. The predicted molar refractivity (Wildman–Crippen MR) is 39.5 cm³/mol. The van der Waals surface area contributed by atoms with E-state index in [1.165, 1.54) is 0 Å². The van der Waals surface area contributed by atoms with Crippen LogP contribution in [0.2, 0.25) is 0 Å². The van der Waals surface area contributed by atoms with Gasteiger partial charge in [-0.2, -0.15) is 9.90 Å². The van der Waals surface area contributed by atoms with E-state index in [2.05, 4.69) is 0 Å². The van der Waals surface area contributed by atoms with E-state index >= 15 is 0 Å². The molecule has 0 fully saturated rings. The molecule has 1 atom stereocenters. The van der Waals surface area contributed by atoms with Gasteiger partial charge >= 0.3 is 34.7 Å². The van der Waals surface area contributed by atoms with Crippen molar-refractivity contribution >= 4 is 55.5 Å². The van der Waals surface area contributed by atoms with Crippen LogP contribution < -0.4 is 0 Å². The molecule has 4 heavy (non-hydrogen) atoms. The molecule has 0 aliphatic carbocycles. The summed E-state index contributed by atoms with van der Waals surface area (Å²) in [6.45, 7) is 0. The first-order valence-electron chi connectivity index (χ1n) is 0. The molecule has 0 aliphatic rings. The van der Waals surface area contributed by atoms with Gasteiger partial charge in [-0.3, -0.25) is 0 Å². The molecule has 0 aliphatic heterocycles. The minimum Gasteiger partial charge on any atom is -0.0149 e. The topological polar surface area (TPSA) is 0 Å². The second-order valence-corrected chi connectivity index (χ2v) is 0. The third-order valence-electron chi connectivity index (χ3n) is 0. The summed E-state index contributed by atoms with van der Waals surface area (Å²) in [5.74, 6) is 0. The molecule has 0 spiro atoms. The van der Waals surface area contributed by atoms with E-state index < -0.39 is 0 Å². The molecule has 1 unspecified atom stereocenters. The van der Waals surface area contributed by atoms with Crippen LogP contribution in [0.1, 0.15) is 0 Å². The van der Waals surface area contributed by atoms with Crippen LogP contribution in [-0.4, -0.2) is 45.6 Å². The van der Waals surface area contributed by atoms with Gasteiger partial charge in [-0.1, -0.05) is 0 Å². The Morgan fingerprint density at radius 2 is 1.00 bits per heavy atom. The van der Waals surface area contributed by atoms with Crippen LogP contribution in [0, 0.1) is 0 Å². The van der Waals surface area contributed by atoms with Crippen LogP contribution in [0.3, 0.4) is 0 Å². The molecule has 0 bridgehead atoms. The summed E-state index contributed by atoms with van der Waals surface area (Å²) >= 11 is 0. The first-order chi connectivity index (χ1) is 0. The normalized spacial score (nSPS) is 0. The molecule has 0 nitrogen and oxygen atoms in total. The van der Waals surface area contributed by atoms with Crippen LogP contribution in [0.25, 0.3) is 0 Å². The Balaban J connectivity index is 0. The molecule has 0 N–H and O–H groups in total. The zero-order valence-corrected chi connectivity index (χ0v) is 8.39. The third kappa shape index (κ3) is 9.32. The molecule has 0 saturated heterocycles. The SMILES string of the molecule is P.[GeH2].[SeH2].[SiH4]. The van der Waals surface area contributed by atoms with Crippen LogP contribution in [0.15, 0.2) is 0 Å². The molecular weight excluding hydrogens is 211 g/mol. The first kappa shape index (κ1) is 43.3. The maximum Gasteiger partial charge on any atom is -0.0149 e. The van der Waals surface area contributed by atoms with E-state index in [-0.39, 0.29) is 55.5 Å². The van der Waals surface area contributed by atoms with Crippen molar-refractivity contribution in [2.45, 2.75) is 0 Å². The first-order valence-corrected chi connectivity index (χ1v) is 0. The fraction of sp³-hybridized carbons (Fsp3) is 0. The van der Waals surface area contributed by atoms with Crippen molar-refractivity contribution in [3.05, 3.63) is 0 Å². The molecular formula is H11GePSeSi. The number of hydrogen-bond acceptors (Lipinski definition) is 0. The number of hydrogen-bond donors (Lipinski definition) is 0. The molecule has 0 heterocycles. The van der Waals surface area contributed by atoms with Gasteiger partial charge in [0.05, 0.1) is 0 Å². The van der Waals surface area contributed by atoms with Gasteiger partial charge in [0.25, 0.3) is 0 Å². The van der Waals surface area contributed by atoms with E-state index in [1.807, 2.05) is 0 Å². The van der Waals surface area contributed by atoms with Crippen LogP contribution in [-0.2, 0) is 0 Å². The van der Waals surface area contributed by atoms with Crippen molar-refractivity contribution in [3.63, 3.8) is 0 Å². The third-order valence-corrected chi connectivity index (χ3v) is 0. The van der Waals surface area contributed by atoms with Gasteiger partial charge in [0.15, 0.2) is 0 Å². The summed E-state index contributed by atoms with van der Waals surface area (Å²) in [7, 11) is 0. The monoisotopic (exact) mass is 224 g/mol. The van der Waals surface area contributed by atoms with E-state index in [4.69, 9.17) is 0 Å². The van der Waals surface area contributed by atoms with Crippen molar-refractivity contribution in [1.82, 2.24) is 0 Å². The summed E-state index contributed by atoms with van der Waals surface area (Å²) in [6, 6.07) is 0. The Bertz CT molecular complexity index is 8.00. The van der Waals surface area contributed by atoms with Gasteiger partial charge in [0.2, 0.25) is 0 Å². The predicted octanol–water partition coefficient (Wildman–Crippen LogP) is -3.23.